The van der Waals surface area contributed by atoms with E-state index in [1.54, 1.807) is 12.2 Å². The van der Waals surface area contributed by atoms with E-state index in [2.05, 4.69) is 9.98 Å². The SMILES string of the molecule is O=C=NC(N=C=O)C1(C2CCCCCC2)CCCCCC1. The summed E-state index contributed by atoms with van der Waals surface area (Å²) in [6, 6.07) is 0. The zero-order valence-electron chi connectivity index (χ0n) is 12.9. The molecule has 0 aromatic rings. The van der Waals surface area contributed by atoms with Gasteiger partial charge in [-0.3, -0.25) is 0 Å². The summed E-state index contributed by atoms with van der Waals surface area (Å²) in [5.74, 6) is 0.525. The Balaban J connectivity index is 2.34. The Kier molecular flexibility index (Phi) is 6.35. The van der Waals surface area contributed by atoms with Crippen molar-refractivity contribution in [2.45, 2.75) is 83.2 Å². The van der Waals surface area contributed by atoms with Crippen molar-refractivity contribution >= 4 is 12.2 Å². The van der Waals surface area contributed by atoms with E-state index >= 15 is 0 Å². The first kappa shape index (κ1) is 16.1. The van der Waals surface area contributed by atoms with Gasteiger partial charge in [-0.05, 0) is 31.6 Å². The molecule has 2 aliphatic rings. The maximum Gasteiger partial charge on any atom is 0.237 e. The van der Waals surface area contributed by atoms with E-state index in [0.29, 0.717) is 5.92 Å². The van der Waals surface area contributed by atoms with Gasteiger partial charge in [-0.1, -0.05) is 51.4 Å². The number of hydrogen-bond donors (Lipinski definition) is 0. The third-order valence-corrected chi connectivity index (χ3v) is 5.57. The first-order valence-corrected chi connectivity index (χ1v) is 8.47. The second kappa shape index (κ2) is 8.26. The number of nitrogens with zero attached hydrogens (tertiary/aromatic N) is 2. The predicted molar refractivity (Wildman–Crippen MR) is 81.4 cm³/mol. The molecule has 116 valence electrons. The van der Waals surface area contributed by atoms with Gasteiger partial charge in [0.05, 0.1) is 0 Å². The molecule has 0 saturated heterocycles. The fourth-order valence-electron chi connectivity index (χ4n) is 4.50. The van der Waals surface area contributed by atoms with Gasteiger partial charge in [0.2, 0.25) is 12.2 Å². The van der Waals surface area contributed by atoms with Crippen LogP contribution in [0, 0.1) is 11.3 Å². The van der Waals surface area contributed by atoms with Crippen molar-refractivity contribution < 1.29 is 9.59 Å². The molecule has 0 radical (unpaired) electrons. The monoisotopic (exact) mass is 290 g/mol. The minimum Gasteiger partial charge on any atom is -0.211 e. The van der Waals surface area contributed by atoms with Gasteiger partial charge in [0, 0.05) is 5.41 Å². The fraction of sp³-hybridized carbons (Fsp3) is 0.882. The van der Waals surface area contributed by atoms with Crippen LogP contribution in [0.1, 0.15) is 77.0 Å². The Labute approximate surface area is 127 Å². The summed E-state index contributed by atoms with van der Waals surface area (Å²) < 4.78 is 0. The molecule has 21 heavy (non-hydrogen) atoms. The average Bonchev–Trinajstić information content (AvgIpc) is 2.90. The van der Waals surface area contributed by atoms with Gasteiger partial charge >= 0.3 is 0 Å². The molecule has 2 saturated carbocycles. The molecular formula is C17H26N2O2. The number of isocyanates is 2. The number of hydrogen-bond acceptors (Lipinski definition) is 4. The van der Waals surface area contributed by atoms with E-state index < -0.39 is 6.17 Å². The Morgan fingerprint density at radius 3 is 1.71 bits per heavy atom. The van der Waals surface area contributed by atoms with E-state index in [4.69, 9.17) is 0 Å². The smallest absolute Gasteiger partial charge is 0.211 e. The van der Waals surface area contributed by atoms with Gasteiger partial charge in [0.1, 0.15) is 0 Å². The molecule has 4 heteroatoms. The molecule has 0 atom stereocenters. The molecule has 0 N–H and O–H groups in total. The van der Waals surface area contributed by atoms with Crippen molar-refractivity contribution in [3.63, 3.8) is 0 Å². The van der Waals surface area contributed by atoms with Crippen molar-refractivity contribution in [1.29, 1.82) is 0 Å². The van der Waals surface area contributed by atoms with Crippen LogP contribution >= 0.6 is 0 Å². The molecule has 2 aliphatic carbocycles. The lowest BCUT2D eigenvalue weighted by atomic mass is 9.65. The maximum atomic E-state index is 10.8. The maximum absolute atomic E-state index is 10.8. The van der Waals surface area contributed by atoms with Crippen molar-refractivity contribution in [3.8, 4) is 0 Å². The quantitative estimate of drug-likeness (QED) is 0.440. The molecule has 0 aromatic heterocycles. The van der Waals surface area contributed by atoms with E-state index in [1.165, 1.54) is 51.4 Å². The summed E-state index contributed by atoms with van der Waals surface area (Å²) in [6.45, 7) is 0. The summed E-state index contributed by atoms with van der Waals surface area (Å²) in [6.07, 6.45) is 17.0. The number of carbonyl (C=O) groups excluding carboxylic acids is 2. The molecule has 0 unspecified atom stereocenters. The molecule has 0 aromatic carbocycles. The molecular weight excluding hydrogens is 264 g/mol. The van der Waals surface area contributed by atoms with Gasteiger partial charge < -0.3 is 0 Å². The Morgan fingerprint density at radius 2 is 1.24 bits per heavy atom. The van der Waals surface area contributed by atoms with Crippen LogP contribution in [-0.2, 0) is 9.59 Å². The zero-order valence-corrected chi connectivity index (χ0v) is 12.9. The van der Waals surface area contributed by atoms with E-state index in [9.17, 15) is 9.59 Å². The molecule has 0 spiro atoms. The highest BCUT2D eigenvalue weighted by atomic mass is 16.1. The van der Waals surface area contributed by atoms with Crippen LogP contribution in [0.3, 0.4) is 0 Å². The lowest BCUT2D eigenvalue weighted by Gasteiger charge is -2.42. The van der Waals surface area contributed by atoms with Crippen molar-refractivity contribution in [2.24, 2.45) is 21.3 Å². The summed E-state index contributed by atoms with van der Waals surface area (Å²) in [7, 11) is 0. The van der Waals surface area contributed by atoms with Gasteiger partial charge in [-0.25, -0.2) is 9.59 Å². The topological polar surface area (TPSA) is 58.9 Å². The summed E-state index contributed by atoms with van der Waals surface area (Å²) in [4.78, 5) is 29.5. The minimum absolute atomic E-state index is 0.115. The molecule has 0 heterocycles. The fourth-order valence-corrected chi connectivity index (χ4v) is 4.50. The second-order valence-corrected chi connectivity index (χ2v) is 6.65. The van der Waals surface area contributed by atoms with Crippen LogP contribution in [-0.4, -0.2) is 18.3 Å². The van der Waals surface area contributed by atoms with E-state index in [-0.39, 0.29) is 5.41 Å². The molecule has 0 bridgehead atoms. The van der Waals surface area contributed by atoms with Crippen molar-refractivity contribution in [1.82, 2.24) is 0 Å². The molecule has 2 fully saturated rings. The van der Waals surface area contributed by atoms with Crippen LogP contribution in [0.2, 0.25) is 0 Å². The minimum atomic E-state index is -0.561. The molecule has 2 rings (SSSR count). The van der Waals surface area contributed by atoms with Crippen LogP contribution in [0.15, 0.2) is 9.98 Å². The van der Waals surface area contributed by atoms with E-state index in [0.717, 1.165) is 25.7 Å². The standard InChI is InChI=1S/C17H26N2O2/c20-13-18-16(19-14-21)17(11-7-3-4-8-12-17)15-9-5-1-2-6-10-15/h15-16H,1-12H2. The lowest BCUT2D eigenvalue weighted by molar-refractivity contribution is 0.0835. The van der Waals surface area contributed by atoms with Crippen LogP contribution < -0.4 is 0 Å². The highest BCUT2D eigenvalue weighted by molar-refractivity contribution is 5.37. The van der Waals surface area contributed by atoms with Gasteiger partial charge in [-0.2, -0.15) is 9.98 Å². The Bertz CT molecular complexity index is 389. The first-order valence-electron chi connectivity index (χ1n) is 8.47. The predicted octanol–water partition coefficient (Wildman–Crippen LogP) is 4.30. The highest BCUT2D eigenvalue weighted by Crippen LogP contribution is 2.50. The highest BCUT2D eigenvalue weighted by Gasteiger charge is 2.45. The van der Waals surface area contributed by atoms with Crippen LogP contribution in [0.5, 0.6) is 0 Å². The summed E-state index contributed by atoms with van der Waals surface area (Å²) in [5, 5.41) is 0. The van der Waals surface area contributed by atoms with Crippen molar-refractivity contribution in [2.75, 3.05) is 0 Å². The average molecular weight is 290 g/mol. The Hall–Kier alpha value is -1.24. The summed E-state index contributed by atoms with van der Waals surface area (Å²) in [5.41, 5.74) is -0.115. The van der Waals surface area contributed by atoms with Crippen molar-refractivity contribution in [3.05, 3.63) is 0 Å². The van der Waals surface area contributed by atoms with Crippen LogP contribution in [0.4, 0.5) is 0 Å². The molecule has 4 nitrogen and oxygen atoms in total. The van der Waals surface area contributed by atoms with E-state index in [1.807, 2.05) is 0 Å². The first-order chi connectivity index (χ1) is 10.3. The van der Waals surface area contributed by atoms with Gasteiger partial charge in [0.15, 0.2) is 6.17 Å². The summed E-state index contributed by atoms with van der Waals surface area (Å²) >= 11 is 0. The molecule has 0 amide bonds. The van der Waals surface area contributed by atoms with Gasteiger partial charge in [-0.15, -0.1) is 0 Å². The number of aliphatic imine (C=N–C) groups is 2. The largest absolute Gasteiger partial charge is 0.237 e. The zero-order chi connectivity index (χ0) is 15.0. The normalized spacial score (nSPS) is 24.8. The lowest BCUT2D eigenvalue weighted by Crippen LogP contribution is -2.40. The second-order valence-electron chi connectivity index (χ2n) is 6.65. The number of rotatable bonds is 4. The van der Waals surface area contributed by atoms with Crippen LogP contribution in [0.25, 0.3) is 0 Å². The Morgan fingerprint density at radius 1 is 0.762 bits per heavy atom. The third kappa shape index (κ3) is 3.90. The van der Waals surface area contributed by atoms with Gasteiger partial charge in [0.25, 0.3) is 0 Å². The third-order valence-electron chi connectivity index (χ3n) is 5.57. The molecule has 0 aliphatic heterocycles.